The van der Waals surface area contributed by atoms with Crippen molar-refractivity contribution in [1.29, 1.82) is 0 Å². The quantitative estimate of drug-likeness (QED) is 0.931. The molecule has 1 aromatic carbocycles. The Hall–Kier alpha value is -2.05. The summed E-state index contributed by atoms with van der Waals surface area (Å²) in [6, 6.07) is 7.40. The van der Waals surface area contributed by atoms with Gasteiger partial charge in [-0.3, -0.25) is 4.79 Å². The molecule has 1 aliphatic rings. The Balaban J connectivity index is 1.60. The van der Waals surface area contributed by atoms with E-state index in [2.05, 4.69) is 10.4 Å². The number of nitrogens with one attached hydrogen (secondary N) is 1. The van der Waals surface area contributed by atoms with E-state index in [9.17, 15) is 4.79 Å². The van der Waals surface area contributed by atoms with E-state index in [0.717, 1.165) is 11.4 Å². The van der Waals surface area contributed by atoms with Gasteiger partial charge in [-0.05, 0) is 31.2 Å². The summed E-state index contributed by atoms with van der Waals surface area (Å²) in [4.78, 5) is 14.0. The van der Waals surface area contributed by atoms with Crippen molar-refractivity contribution < 1.29 is 9.53 Å². The highest BCUT2D eigenvalue weighted by Gasteiger charge is 2.20. The van der Waals surface area contributed by atoms with E-state index in [4.69, 9.17) is 16.3 Å². The van der Waals surface area contributed by atoms with Gasteiger partial charge in [0.15, 0.2) is 0 Å². The van der Waals surface area contributed by atoms with Gasteiger partial charge in [0.25, 0.3) is 0 Å². The van der Waals surface area contributed by atoms with Crippen LogP contribution < -0.4 is 5.32 Å². The van der Waals surface area contributed by atoms with E-state index in [1.54, 1.807) is 16.9 Å². The number of carbonyl (C=O) groups is 1. The fraction of sp³-hybridized carbons (Fsp3) is 0.375. The molecule has 7 heteroatoms. The van der Waals surface area contributed by atoms with Crippen LogP contribution in [0.3, 0.4) is 0 Å². The highest BCUT2D eigenvalue weighted by Crippen LogP contribution is 2.23. The van der Waals surface area contributed by atoms with Crippen molar-refractivity contribution in [2.75, 3.05) is 31.6 Å². The number of morpholine rings is 1. The fourth-order valence-electron chi connectivity index (χ4n) is 2.55. The summed E-state index contributed by atoms with van der Waals surface area (Å²) < 4.78 is 7.15. The number of hydrogen-bond acceptors (Lipinski definition) is 4. The van der Waals surface area contributed by atoms with Crippen molar-refractivity contribution in [3.8, 4) is 5.69 Å². The smallest absolute Gasteiger partial charge is 0.242 e. The molecular weight excluding hydrogens is 316 g/mol. The third-order valence-electron chi connectivity index (χ3n) is 3.74. The summed E-state index contributed by atoms with van der Waals surface area (Å²) in [5.74, 6) is 0.0624. The van der Waals surface area contributed by atoms with Crippen LogP contribution in [0, 0.1) is 0 Å². The monoisotopic (exact) mass is 334 g/mol. The lowest BCUT2D eigenvalue weighted by Crippen LogP contribution is -2.46. The first-order valence-corrected chi connectivity index (χ1v) is 7.94. The molecule has 0 unspecified atom stereocenters. The highest BCUT2D eigenvalue weighted by molar-refractivity contribution is 6.32. The van der Waals surface area contributed by atoms with Crippen LogP contribution in [0.25, 0.3) is 5.69 Å². The summed E-state index contributed by atoms with van der Waals surface area (Å²) in [6.07, 6.45) is 3.62. The van der Waals surface area contributed by atoms with Crippen LogP contribution in [0.5, 0.6) is 0 Å². The Labute approximate surface area is 140 Å². The topological polar surface area (TPSA) is 59.4 Å². The molecule has 0 saturated carbocycles. The van der Waals surface area contributed by atoms with Gasteiger partial charge in [0.05, 0.1) is 30.0 Å². The Bertz CT molecular complexity index is 675. The van der Waals surface area contributed by atoms with Gasteiger partial charge in [-0.25, -0.2) is 4.68 Å². The maximum Gasteiger partial charge on any atom is 0.242 e. The molecule has 0 radical (unpaired) electrons. The summed E-state index contributed by atoms with van der Waals surface area (Å²) in [6.45, 7) is 4.09. The van der Waals surface area contributed by atoms with Crippen LogP contribution in [0.1, 0.15) is 6.92 Å². The molecule has 2 heterocycles. The molecule has 1 aromatic heterocycles. The van der Waals surface area contributed by atoms with E-state index in [1.807, 2.05) is 36.2 Å². The maximum absolute atomic E-state index is 12.2. The molecule has 6 nitrogen and oxygen atoms in total. The lowest BCUT2D eigenvalue weighted by Gasteiger charge is -2.31. The molecular formula is C16H19ClN4O2. The van der Waals surface area contributed by atoms with E-state index in [-0.39, 0.29) is 18.6 Å². The molecule has 1 fully saturated rings. The summed E-state index contributed by atoms with van der Waals surface area (Å²) in [5, 5.41) is 7.86. The minimum atomic E-state index is 0.0624. The lowest BCUT2D eigenvalue weighted by atomic mass is 10.2. The molecule has 0 aliphatic carbocycles. The number of benzene rings is 1. The Morgan fingerprint density at radius 3 is 3.09 bits per heavy atom. The number of nitrogens with zero attached hydrogens (tertiary/aromatic N) is 3. The predicted molar refractivity (Wildman–Crippen MR) is 89.1 cm³/mol. The van der Waals surface area contributed by atoms with Crippen molar-refractivity contribution in [2.45, 2.75) is 13.0 Å². The third kappa shape index (κ3) is 3.83. The van der Waals surface area contributed by atoms with E-state index >= 15 is 0 Å². The van der Waals surface area contributed by atoms with Gasteiger partial charge in [-0.1, -0.05) is 11.6 Å². The van der Waals surface area contributed by atoms with Gasteiger partial charge in [-0.2, -0.15) is 5.10 Å². The number of halogens is 1. The second-order valence-corrected chi connectivity index (χ2v) is 5.90. The number of rotatable bonds is 4. The second-order valence-electron chi connectivity index (χ2n) is 5.49. The number of anilines is 1. The predicted octanol–water partition coefficient (Wildman–Crippen LogP) is 2.18. The molecule has 0 bridgehead atoms. The van der Waals surface area contributed by atoms with E-state index in [0.29, 0.717) is 24.7 Å². The van der Waals surface area contributed by atoms with Crippen LogP contribution in [0.2, 0.25) is 5.02 Å². The van der Waals surface area contributed by atoms with Crippen molar-refractivity contribution in [3.05, 3.63) is 41.7 Å². The Morgan fingerprint density at radius 1 is 1.52 bits per heavy atom. The molecule has 1 N–H and O–H groups in total. The summed E-state index contributed by atoms with van der Waals surface area (Å²) >= 11 is 6.29. The molecule has 1 atom stereocenters. The number of amides is 1. The van der Waals surface area contributed by atoms with Gasteiger partial charge in [0.2, 0.25) is 5.91 Å². The van der Waals surface area contributed by atoms with Crippen LogP contribution >= 0.6 is 11.6 Å². The Kier molecular flexibility index (Phi) is 4.83. The van der Waals surface area contributed by atoms with Crippen LogP contribution in [-0.4, -0.2) is 52.9 Å². The SMILES string of the molecule is C[C@H]1CN(C(=O)CNc2ccc(-n3cccn3)c(Cl)c2)CCO1. The molecule has 1 amide bonds. The van der Waals surface area contributed by atoms with E-state index in [1.165, 1.54) is 0 Å². The van der Waals surface area contributed by atoms with Gasteiger partial charge >= 0.3 is 0 Å². The van der Waals surface area contributed by atoms with Gasteiger partial charge in [-0.15, -0.1) is 0 Å². The Morgan fingerprint density at radius 2 is 2.39 bits per heavy atom. The first-order chi connectivity index (χ1) is 11.1. The largest absolute Gasteiger partial charge is 0.376 e. The van der Waals surface area contributed by atoms with Gasteiger partial charge < -0.3 is 15.0 Å². The zero-order valence-electron chi connectivity index (χ0n) is 12.9. The number of hydrogen-bond donors (Lipinski definition) is 1. The second kappa shape index (κ2) is 7.02. The normalized spacial score (nSPS) is 18.0. The van der Waals surface area contributed by atoms with Crippen molar-refractivity contribution in [2.24, 2.45) is 0 Å². The third-order valence-corrected chi connectivity index (χ3v) is 4.04. The highest BCUT2D eigenvalue weighted by atomic mass is 35.5. The van der Waals surface area contributed by atoms with Crippen LogP contribution in [0.15, 0.2) is 36.7 Å². The zero-order valence-corrected chi connectivity index (χ0v) is 13.7. The standard InChI is InChI=1S/C16H19ClN4O2/c1-12-11-20(7-8-23-12)16(22)10-18-13-3-4-15(14(17)9-13)21-6-2-5-19-21/h2-6,9,12,18H,7-8,10-11H2,1H3/t12-/m0/s1. The first-order valence-electron chi connectivity index (χ1n) is 7.56. The maximum atomic E-state index is 12.2. The lowest BCUT2D eigenvalue weighted by molar-refractivity contribution is -0.136. The number of aromatic nitrogens is 2. The molecule has 2 aromatic rings. The molecule has 23 heavy (non-hydrogen) atoms. The molecule has 122 valence electrons. The number of carbonyl (C=O) groups excluding carboxylic acids is 1. The molecule has 1 aliphatic heterocycles. The average molecular weight is 335 g/mol. The zero-order chi connectivity index (χ0) is 16.2. The molecule has 1 saturated heterocycles. The van der Waals surface area contributed by atoms with Crippen molar-refractivity contribution >= 4 is 23.2 Å². The van der Waals surface area contributed by atoms with Crippen LogP contribution in [0.4, 0.5) is 5.69 Å². The van der Waals surface area contributed by atoms with Crippen molar-refractivity contribution in [3.63, 3.8) is 0 Å². The molecule has 0 spiro atoms. The minimum Gasteiger partial charge on any atom is -0.376 e. The van der Waals surface area contributed by atoms with Gasteiger partial charge in [0, 0.05) is 31.2 Å². The minimum absolute atomic E-state index is 0.0624. The fourth-order valence-corrected chi connectivity index (χ4v) is 2.82. The molecule has 3 rings (SSSR count). The van der Waals surface area contributed by atoms with Crippen molar-refractivity contribution in [1.82, 2.24) is 14.7 Å². The van der Waals surface area contributed by atoms with E-state index < -0.39 is 0 Å². The summed E-state index contributed by atoms with van der Waals surface area (Å²) in [5.41, 5.74) is 1.61. The van der Waals surface area contributed by atoms with Crippen LogP contribution in [-0.2, 0) is 9.53 Å². The van der Waals surface area contributed by atoms with Gasteiger partial charge in [0.1, 0.15) is 0 Å². The number of ether oxygens (including phenoxy) is 1. The average Bonchev–Trinajstić information content (AvgIpc) is 3.07. The first kappa shape index (κ1) is 15.8. The summed E-state index contributed by atoms with van der Waals surface area (Å²) in [7, 11) is 0.